The summed E-state index contributed by atoms with van der Waals surface area (Å²) in [6.45, 7) is 6.46. The van der Waals surface area contributed by atoms with Crippen molar-refractivity contribution in [3.8, 4) is 0 Å². The summed E-state index contributed by atoms with van der Waals surface area (Å²) in [6, 6.07) is 20.0. The maximum Gasteiger partial charge on any atom is 0.243 e. The maximum absolute atomic E-state index is 13.8. The smallest absolute Gasteiger partial charge is 0.243 e. The number of hydrogen-bond acceptors (Lipinski definition) is 4. The summed E-state index contributed by atoms with van der Waals surface area (Å²) in [7, 11) is -3.60. The van der Waals surface area contributed by atoms with Crippen molar-refractivity contribution in [2.24, 2.45) is 0 Å². The molecule has 0 heterocycles. The van der Waals surface area contributed by atoms with Crippen molar-refractivity contribution in [3.63, 3.8) is 0 Å². The van der Waals surface area contributed by atoms with Gasteiger partial charge in [0.05, 0.1) is 11.9 Å². The molecule has 9 heteroatoms. The van der Waals surface area contributed by atoms with Gasteiger partial charge in [-0.1, -0.05) is 61.5 Å². The molecule has 0 radical (unpaired) electrons. The fourth-order valence-corrected chi connectivity index (χ4v) is 5.71. The average molecular weight is 582 g/mol. The summed E-state index contributed by atoms with van der Waals surface area (Å²) in [5.41, 5.74) is 4.01. The van der Waals surface area contributed by atoms with E-state index in [-0.39, 0.29) is 43.6 Å². The van der Waals surface area contributed by atoms with Gasteiger partial charge in [-0.15, -0.1) is 0 Å². The highest BCUT2D eigenvalue weighted by atomic mass is 32.2. The lowest BCUT2D eigenvalue weighted by Crippen LogP contribution is -2.50. The fourth-order valence-electron chi connectivity index (χ4n) is 4.69. The van der Waals surface area contributed by atoms with Crippen molar-refractivity contribution in [1.82, 2.24) is 10.2 Å². The summed E-state index contributed by atoms with van der Waals surface area (Å²) >= 11 is 0. The lowest BCUT2D eigenvalue weighted by atomic mass is 10.0. The zero-order valence-electron chi connectivity index (χ0n) is 24.3. The number of carbonyl (C=O) groups excluding carboxylic acids is 2. The molecule has 1 N–H and O–H groups in total. The topological polar surface area (TPSA) is 86.8 Å². The molecular formula is C32H40FN3O4S. The van der Waals surface area contributed by atoms with E-state index in [1.807, 2.05) is 63.2 Å². The summed E-state index contributed by atoms with van der Waals surface area (Å²) in [5.74, 6) is -0.934. The Hall–Kier alpha value is -3.72. The van der Waals surface area contributed by atoms with E-state index in [0.29, 0.717) is 24.2 Å². The van der Waals surface area contributed by atoms with Crippen LogP contribution in [0.4, 0.5) is 10.1 Å². The maximum atomic E-state index is 13.8. The number of benzene rings is 3. The van der Waals surface area contributed by atoms with Gasteiger partial charge in [0.2, 0.25) is 21.8 Å². The van der Waals surface area contributed by atoms with E-state index in [9.17, 15) is 22.4 Å². The number of amides is 2. The molecule has 0 aromatic heterocycles. The Balaban J connectivity index is 1.88. The predicted octanol–water partition coefficient (Wildman–Crippen LogP) is 5.16. The molecule has 0 bridgehead atoms. The molecule has 0 saturated carbocycles. The van der Waals surface area contributed by atoms with Gasteiger partial charge >= 0.3 is 0 Å². The second-order valence-electron chi connectivity index (χ2n) is 10.3. The van der Waals surface area contributed by atoms with Gasteiger partial charge in [-0.3, -0.25) is 13.9 Å². The van der Waals surface area contributed by atoms with Crippen LogP contribution in [0.5, 0.6) is 0 Å². The van der Waals surface area contributed by atoms with E-state index in [1.54, 1.807) is 18.2 Å². The lowest BCUT2D eigenvalue weighted by molar-refractivity contribution is -0.141. The molecule has 0 aliphatic carbocycles. The number of rotatable bonds is 14. The van der Waals surface area contributed by atoms with Crippen LogP contribution >= 0.6 is 0 Å². The molecule has 0 saturated heterocycles. The molecular weight excluding hydrogens is 541 g/mol. The van der Waals surface area contributed by atoms with Crippen molar-refractivity contribution in [2.75, 3.05) is 23.7 Å². The standard InChI is InChI=1S/C32H40FN3O4S/c1-5-20-34-32(38)30(22-26-12-7-6-8-13-26)35(23-27-16-18-28(33)19-17-27)31(37)15-10-21-36(41(4,39)40)29-14-9-11-24(2)25(29)3/h6-9,11-14,16-19,30H,5,10,15,20-23H2,1-4H3,(H,34,38)/t30-/m0/s1. The van der Waals surface area contributed by atoms with E-state index >= 15 is 0 Å². The van der Waals surface area contributed by atoms with E-state index in [2.05, 4.69) is 5.32 Å². The second-order valence-corrected chi connectivity index (χ2v) is 12.2. The first-order valence-corrected chi connectivity index (χ1v) is 15.8. The van der Waals surface area contributed by atoms with Crippen LogP contribution in [0.3, 0.4) is 0 Å². The first-order chi connectivity index (χ1) is 19.5. The van der Waals surface area contributed by atoms with Gasteiger partial charge in [-0.25, -0.2) is 12.8 Å². The third-order valence-corrected chi connectivity index (χ3v) is 8.26. The predicted molar refractivity (Wildman–Crippen MR) is 162 cm³/mol. The molecule has 3 aromatic rings. The number of sulfonamides is 1. The van der Waals surface area contributed by atoms with Crippen LogP contribution in [0.15, 0.2) is 72.8 Å². The van der Waals surface area contributed by atoms with Crippen LogP contribution < -0.4 is 9.62 Å². The molecule has 41 heavy (non-hydrogen) atoms. The molecule has 7 nitrogen and oxygen atoms in total. The summed E-state index contributed by atoms with van der Waals surface area (Å²) in [6.07, 6.45) is 2.50. The van der Waals surface area contributed by atoms with Crippen molar-refractivity contribution in [1.29, 1.82) is 0 Å². The van der Waals surface area contributed by atoms with Gasteiger partial charge < -0.3 is 10.2 Å². The van der Waals surface area contributed by atoms with Gasteiger partial charge in [0.1, 0.15) is 11.9 Å². The quantitative estimate of drug-likeness (QED) is 0.285. The molecule has 1 atom stereocenters. The Labute approximate surface area is 243 Å². The Morgan fingerprint density at radius 2 is 1.61 bits per heavy atom. The zero-order valence-corrected chi connectivity index (χ0v) is 25.1. The minimum atomic E-state index is -3.60. The molecule has 0 aliphatic heterocycles. The normalized spacial score (nSPS) is 12.0. The lowest BCUT2D eigenvalue weighted by Gasteiger charge is -2.32. The first kappa shape index (κ1) is 31.8. The molecule has 2 amide bonds. The monoisotopic (exact) mass is 581 g/mol. The number of aryl methyl sites for hydroxylation is 1. The number of nitrogens with zero attached hydrogens (tertiary/aromatic N) is 2. The van der Waals surface area contributed by atoms with Gasteiger partial charge in [-0.2, -0.15) is 0 Å². The Morgan fingerprint density at radius 3 is 2.24 bits per heavy atom. The van der Waals surface area contributed by atoms with Gasteiger partial charge in [0, 0.05) is 32.5 Å². The van der Waals surface area contributed by atoms with Crippen LogP contribution in [0.25, 0.3) is 0 Å². The summed E-state index contributed by atoms with van der Waals surface area (Å²) < 4.78 is 40.4. The Bertz CT molecular complexity index is 1410. The molecule has 220 valence electrons. The molecule has 0 aliphatic rings. The molecule has 0 spiro atoms. The van der Waals surface area contributed by atoms with Crippen LogP contribution in [0.2, 0.25) is 0 Å². The van der Waals surface area contributed by atoms with E-state index in [0.717, 1.165) is 29.4 Å². The molecule has 3 aromatic carbocycles. The third-order valence-electron chi connectivity index (χ3n) is 7.08. The number of hydrogen-bond donors (Lipinski definition) is 1. The number of carbonyl (C=O) groups is 2. The van der Waals surface area contributed by atoms with Crippen LogP contribution in [0.1, 0.15) is 48.4 Å². The van der Waals surface area contributed by atoms with Crippen molar-refractivity contribution < 1.29 is 22.4 Å². The molecule has 3 rings (SSSR count). The van der Waals surface area contributed by atoms with Crippen molar-refractivity contribution >= 4 is 27.5 Å². The largest absolute Gasteiger partial charge is 0.354 e. The van der Waals surface area contributed by atoms with Crippen LogP contribution in [0, 0.1) is 19.7 Å². The molecule has 0 fully saturated rings. The SMILES string of the molecule is CCCNC(=O)[C@H](Cc1ccccc1)N(Cc1ccc(F)cc1)C(=O)CCCN(c1cccc(C)c1C)S(C)(=O)=O. The highest BCUT2D eigenvalue weighted by Gasteiger charge is 2.30. The number of anilines is 1. The summed E-state index contributed by atoms with van der Waals surface area (Å²) in [4.78, 5) is 28.8. The minimum absolute atomic E-state index is 0.0322. The summed E-state index contributed by atoms with van der Waals surface area (Å²) in [5, 5.41) is 2.93. The van der Waals surface area contributed by atoms with Gasteiger partial charge in [0.25, 0.3) is 0 Å². The second kappa shape index (κ2) is 14.8. The number of halogens is 1. The van der Waals surface area contributed by atoms with Crippen LogP contribution in [-0.4, -0.2) is 50.5 Å². The minimum Gasteiger partial charge on any atom is -0.354 e. The molecule has 0 unspecified atom stereocenters. The first-order valence-electron chi connectivity index (χ1n) is 13.9. The third kappa shape index (κ3) is 9.14. The van der Waals surface area contributed by atoms with Crippen LogP contribution in [-0.2, 0) is 32.6 Å². The van der Waals surface area contributed by atoms with Crippen molar-refractivity contribution in [3.05, 3.63) is 101 Å². The van der Waals surface area contributed by atoms with E-state index in [4.69, 9.17) is 0 Å². The van der Waals surface area contributed by atoms with Gasteiger partial charge in [-0.05, 0) is 67.1 Å². The number of nitrogens with one attached hydrogen (secondary N) is 1. The van der Waals surface area contributed by atoms with E-state index in [1.165, 1.54) is 21.3 Å². The fraction of sp³-hybridized carbons (Fsp3) is 0.375. The Morgan fingerprint density at radius 1 is 0.927 bits per heavy atom. The van der Waals surface area contributed by atoms with E-state index < -0.39 is 16.1 Å². The zero-order chi connectivity index (χ0) is 30.0. The van der Waals surface area contributed by atoms with Gasteiger partial charge in [0.15, 0.2) is 0 Å². The highest BCUT2D eigenvalue weighted by molar-refractivity contribution is 7.92. The average Bonchev–Trinajstić information content (AvgIpc) is 2.94. The Kier molecular flexibility index (Phi) is 11.5. The van der Waals surface area contributed by atoms with Crippen molar-refractivity contribution in [2.45, 2.75) is 59.0 Å². The highest BCUT2D eigenvalue weighted by Crippen LogP contribution is 2.26.